The zero-order chi connectivity index (χ0) is 12.2. The Morgan fingerprint density at radius 3 is 1.59 bits per heavy atom. The Bertz CT molecular complexity index is 684. The molecule has 5 nitrogen and oxygen atoms in total. The molecule has 0 atom stereocenters. The fraction of sp³-hybridized carbons (Fsp3) is 0. The van der Waals surface area contributed by atoms with Gasteiger partial charge in [-0.15, -0.1) is 0 Å². The summed E-state index contributed by atoms with van der Waals surface area (Å²) < 4.78 is 0. The third-order valence-corrected chi connectivity index (χ3v) is 2.96. The summed E-state index contributed by atoms with van der Waals surface area (Å²) in [7, 11) is 0. The normalized spacial score (nSPS) is 11.3. The van der Waals surface area contributed by atoms with Gasteiger partial charge in [-0.2, -0.15) is 0 Å². The van der Waals surface area contributed by atoms with Crippen LogP contribution in [0.15, 0.2) is 24.3 Å². The largest absolute Gasteiger partial charge is 0.506 e. The van der Waals surface area contributed by atoms with Gasteiger partial charge in [-0.05, 0) is 24.3 Å². The summed E-state index contributed by atoms with van der Waals surface area (Å²) in [6.07, 6.45) is 0. The van der Waals surface area contributed by atoms with Gasteiger partial charge in [0.1, 0.15) is 11.5 Å². The van der Waals surface area contributed by atoms with Crippen LogP contribution in [0.1, 0.15) is 0 Å². The molecule has 0 bridgehead atoms. The van der Waals surface area contributed by atoms with E-state index in [1.165, 1.54) is 12.1 Å². The van der Waals surface area contributed by atoms with Crippen molar-refractivity contribution < 1.29 is 10.2 Å². The quantitative estimate of drug-likeness (QED) is 0.299. The first-order chi connectivity index (χ1) is 8.09. The molecule has 17 heavy (non-hydrogen) atoms. The third kappa shape index (κ3) is 1.13. The van der Waals surface area contributed by atoms with Crippen LogP contribution >= 0.6 is 0 Å². The smallest absolute Gasteiger partial charge is 0.139 e. The molecule has 0 saturated carbocycles. The van der Waals surface area contributed by atoms with Gasteiger partial charge in [-0.25, -0.2) is 0 Å². The molecule has 0 aliphatic rings. The Morgan fingerprint density at radius 2 is 1.18 bits per heavy atom. The molecule has 0 fully saturated rings. The predicted molar refractivity (Wildman–Crippen MR) is 68.0 cm³/mol. The van der Waals surface area contributed by atoms with Crippen molar-refractivity contribution >= 4 is 33.2 Å². The van der Waals surface area contributed by atoms with Crippen molar-refractivity contribution in [3.63, 3.8) is 0 Å². The second-order valence-electron chi connectivity index (χ2n) is 3.97. The van der Waals surface area contributed by atoms with Crippen LogP contribution in [0.2, 0.25) is 0 Å². The number of phenolic OH excluding ortho intramolecular Hbond substituents is 2. The molecule has 7 N–H and O–H groups in total. The van der Waals surface area contributed by atoms with E-state index in [4.69, 9.17) is 11.5 Å². The van der Waals surface area contributed by atoms with Crippen molar-refractivity contribution in [3.05, 3.63) is 24.3 Å². The summed E-state index contributed by atoms with van der Waals surface area (Å²) in [5, 5.41) is 20.5. The molecule has 0 aliphatic carbocycles. The average Bonchev–Trinajstić information content (AvgIpc) is 2.69. The number of aromatic hydroxyl groups is 2. The van der Waals surface area contributed by atoms with Gasteiger partial charge in [-0.1, -0.05) is 0 Å². The summed E-state index contributed by atoms with van der Waals surface area (Å²) in [4.78, 5) is 3.13. The van der Waals surface area contributed by atoms with E-state index < -0.39 is 0 Å². The Kier molecular flexibility index (Phi) is 1.69. The van der Waals surface area contributed by atoms with Crippen molar-refractivity contribution in [2.24, 2.45) is 0 Å². The third-order valence-electron chi connectivity index (χ3n) is 2.96. The number of phenols is 2. The molecule has 0 aliphatic heterocycles. The molecule has 2 aromatic carbocycles. The molecule has 1 aromatic heterocycles. The molecule has 86 valence electrons. The second-order valence-corrected chi connectivity index (χ2v) is 3.97. The number of nitrogens with two attached hydrogens (primary N) is 2. The standard InChI is InChI=1S/C12H11N3O2/c13-11-7(16)3-1-5-9(11)10-6(15-5)2-4-8(17)12(10)14/h1-4,15-17H,13-14H2. The fourth-order valence-corrected chi connectivity index (χ4v) is 2.11. The molecule has 0 radical (unpaired) electrons. The first kappa shape index (κ1) is 9.65. The lowest BCUT2D eigenvalue weighted by molar-refractivity contribution is 0.478. The minimum atomic E-state index is 0.00106. The zero-order valence-electron chi connectivity index (χ0n) is 8.86. The van der Waals surface area contributed by atoms with Crippen molar-refractivity contribution in [2.75, 3.05) is 11.5 Å². The summed E-state index contributed by atoms with van der Waals surface area (Å²) in [6, 6.07) is 6.47. The molecule has 0 amide bonds. The second kappa shape index (κ2) is 2.98. The monoisotopic (exact) mass is 229 g/mol. The highest BCUT2D eigenvalue weighted by atomic mass is 16.3. The number of aromatic amines is 1. The summed E-state index contributed by atoms with van der Waals surface area (Å²) in [6.45, 7) is 0. The lowest BCUT2D eigenvalue weighted by atomic mass is 10.1. The van der Waals surface area contributed by atoms with E-state index in [2.05, 4.69) is 4.98 Å². The number of hydrogen-bond acceptors (Lipinski definition) is 4. The van der Waals surface area contributed by atoms with Gasteiger partial charge < -0.3 is 26.7 Å². The van der Waals surface area contributed by atoms with Crippen molar-refractivity contribution in [1.82, 2.24) is 4.98 Å². The highest BCUT2D eigenvalue weighted by molar-refractivity contribution is 6.19. The number of benzene rings is 2. The Labute approximate surface area is 96.3 Å². The molecular formula is C12H11N3O2. The average molecular weight is 229 g/mol. The van der Waals surface area contributed by atoms with Crippen LogP contribution in [-0.4, -0.2) is 15.2 Å². The van der Waals surface area contributed by atoms with E-state index >= 15 is 0 Å². The molecule has 1 heterocycles. The first-order valence-electron chi connectivity index (χ1n) is 5.10. The van der Waals surface area contributed by atoms with E-state index in [-0.39, 0.29) is 22.9 Å². The summed E-state index contributed by atoms with van der Waals surface area (Å²) >= 11 is 0. The molecule has 0 saturated heterocycles. The highest BCUT2D eigenvalue weighted by Crippen LogP contribution is 2.40. The van der Waals surface area contributed by atoms with Crippen LogP contribution in [0.4, 0.5) is 11.4 Å². The maximum absolute atomic E-state index is 9.61. The van der Waals surface area contributed by atoms with Gasteiger partial charge in [-0.3, -0.25) is 0 Å². The number of hydrogen-bond donors (Lipinski definition) is 5. The summed E-state index contributed by atoms with van der Waals surface area (Å²) in [5.41, 5.74) is 13.7. The number of H-pyrrole nitrogens is 1. The number of nitrogens with one attached hydrogen (secondary N) is 1. The van der Waals surface area contributed by atoms with Crippen molar-refractivity contribution in [2.45, 2.75) is 0 Å². The number of rotatable bonds is 0. The van der Waals surface area contributed by atoms with Crippen LogP contribution in [-0.2, 0) is 0 Å². The molecule has 0 spiro atoms. The van der Waals surface area contributed by atoms with Crippen LogP contribution in [0.25, 0.3) is 21.8 Å². The van der Waals surface area contributed by atoms with E-state index in [1.54, 1.807) is 12.1 Å². The highest BCUT2D eigenvalue weighted by Gasteiger charge is 2.14. The lowest BCUT2D eigenvalue weighted by Gasteiger charge is -2.03. The van der Waals surface area contributed by atoms with Crippen molar-refractivity contribution in [1.29, 1.82) is 0 Å². The van der Waals surface area contributed by atoms with Crippen LogP contribution in [0.3, 0.4) is 0 Å². The minimum Gasteiger partial charge on any atom is -0.506 e. The lowest BCUT2D eigenvalue weighted by Crippen LogP contribution is -1.89. The van der Waals surface area contributed by atoms with Gasteiger partial charge in [0.2, 0.25) is 0 Å². The fourth-order valence-electron chi connectivity index (χ4n) is 2.11. The zero-order valence-corrected chi connectivity index (χ0v) is 8.86. The first-order valence-corrected chi connectivity index (χ1v) is 5.10. The Hall–Kier alpha value is -2.56. The van der Waals surface area contributed by atoms with Gasteiger partial charge in [0.25, 0.3) is 0 Å². The van der Waals surface area contributed by atoms with Crippen LogP contribution in [0, 0.1) is 0 Å². The molecule has 3 aromatic rings. The Balaban J connectivity index is 2.65. The molecule has 0 unspecified atom stereocenters. The van der Waals surface area contributed by atoms with Crippen molar-refractivity contribution in [3.8, 4) is 11.5 Å². The van der Waals surface area contributed by atoms with Gasteiger partial charge in [0.15, 0.2) is 0 Å². The maximum atomic E-state index is 9.61. The van der Waals surface area contributed by atoms with E-state index in [0.717, 1.165) is 11.0 Å². The van der Waals surface area contributed by atoms with Gasteiger partial charge >= 0.3 is 0 Å². The van der Waals surface area contributed by atoms with Crippen LogP contribution < -0.4 is 11.5 Å². The number of nitrogen functional groups attached to an aromatic ring is 2. The molecule has 3 rings (SSSR count). The van der Waals surface area contributed by atoms with E-state index in [9.17, 15) is 10.2 Å². The van der Waals surface area contributed by atoms with E-state index in [0.29, 0.717) is 10.8 Å². The molecular weight excluding hydrogens is 218 g/mol. The predicted octanol–water partition coefficient (Wildman–Crippen LogP) is 1.90. The van der Waals surface area contributed by atoms with E-state index in [1.807, 2.05) is 0 Å². The maximum Gasteiger partial charge on any atom is 0.139 e. The minimum absolute atomic E-state index is 0.00106. The molecule has 5 heteroatoms. The number of aromatic nitrogens is 1. The van der Waals surface area contributed by atoms with Gasteiger partial charge in [0, 0.05) is 21.8 Å². The number of anilines is 2. The number of fused-ring (bicyclic) bond motifs is 3. The Morgan fingerprint density at radius 1 is 0.765 bits per heavy atom. The summed E-state index contributed by atoms with van der Waals surface area (Å²) in [5.74, 6) is 0.00212. The van der Waals surface area contributed by atoms with Gasteiger partial charge in [0.05, 0.1) is 11.4 Å². The SMILES string of the molecule is Nc1c(O)ccc2[nH]c3ccc(O)c(N)c3c12. The topological polar surface area (TPSA) is 108 Å². The van der Waals surface area contributed by atoms with Crippen LogP contribution in [0.5, 0.6) is 11.5 Å².